The second-order valence-electron chi connectivity index (χ2n) is 8.71. The van der Waals surface area contributed by atoms with Crippen molar-refractivity contribution < 1.29 is 9.18 Å². The van der Waals surface area contributed by atoms with E-state index in [0.717, 1.165) is 36.6 Å². The predicted octanol–water partition coefficient (Wildman–Crippen LogP) is 5.97. The Morgan fingerprint density at radius 3 is 2.60 bits per heavy atom. The Balaban J connectivity index is 1.21. The van der Waals surface area contributed by atoms with E-state index < -0.39 is 0 Å². The zero-order chi connectivity index (χ0) is 20.7. The van der Waals surface area contributed by atoms with Gasteiger partial charge in [-0.15, -0.1) is 0 Å². The van der Waals surface area contributed by atoms with Gasteiger partial charge >= 0.3 is 0 Å². The maximum Gasteiger partial charge on any atom is 0.224 e. The standard InChI is InChI=1S/C24H23ClFN3O/c25-23-4-2-19(13-28-23)29-24(30)9-14-7-15-10-17(11-16(15)8-14)20-5-6-27-22-3-1-18(26)12-21(20)22/h1-6,12-17H,7-11H2,(H,29,30)/t14-,15-,16?,17?/m0/s1. The van der Waals surface area contributed by atoms with Gasteiger partial charge in [0.05, 0.1) is 17.4 Å². The van der Waals surface area contributed by atoms with Crippen LogP contribution in [0.15, 0.2) is 48.8 Å². The third-order valence-electron chi connectivity index (χ3n) is 6.78. The number of benzene rings is 1. The molecule has 0 saturated heterocycles. The van der Waals surface area contributed by atoms with Crippen LogP contribution in [0.3, 0.4) is 0 Å². The van der Waals surface area contributed by atoms with E-state index in [2.05, 4.69) is 21.4 Å². The van der Waals surface area contributed by atoms with Crippen LogP contribution in [-0.4, -0.2) is 15.9 Å². The highest BCUT2D eigenvalue weighted by Crippen LogP contribution is 2.53. The van der Waals surface area contributed by atoms with E-state index in [4.69, 9.17) is 11.6 Å². The van der Waals surface area contributed by atoms with E-state index in [1.165, 1.54) is 11.6 Å². The largest absolute Gasteiger partial charge is 0.325 e. The summed E-state index contributed by atoms with van der Waals surface area (Å²) < 4.78 is 13.8. The summed E-state index contributed by atoms with van der Waals surface area (Å²) in [7, 11) is 0. The van der Waals surface area contributed by atoms with Crippen LogP contribution in [0.5, 0.6) is 0 Å². The lowest BCUT2D eigenvalue weighted by atomic mass is 9.89. The first-order valence-electron chi connectivity index (χ1n) is 10.5. The molecule has 2 heterocycles. The lowest BCUT2D eigenvalue weighted by molar-refractivity contribution is -0.117. The first kappa shape index (κ1) is 19.4. The van der Waals surface area contributed by atoms with Gasteiger partial charge in [-0.3, -0.25) is 9.78 Å². The number of halogens is 2. The molecule has 1 N–H and O–H groups in total. The maximum absolute atomic E-state index is 13.8. The predicted molar refractivity (Wildman–Crippen MR) is 116 cm³/mol. The SMILES string of the molecule is O=C(C[C@@H]1CC2CC(c3ccnc4ccc(F)cc34)C[C@@H]2C1)Nc1ccc(Cl)nc1. The van der Waals surface area contributed by atoms with Crippen molar-refractivity contribution in [2.24, 2.45) is 17.8 Å². The molecule has 2 unspecified atom stereocenters. The number of pyridine rings is 2. The number of fused-ring (bicyclic) bond motifs is 2. The van der Waals surface area contributed by atoms with Crippen LogP contribution in [0, 0.1) is 23.6 Å². The molecule has 154 valence electrons. The van der Waals surface area contributed by atoms with E-state index >= 15 is 0 Å². The zero-order valence-corrected chi connectivity index (χ0v) is 17.3. The van der Waals surface area contributed by atoms with Gasteiger partial charge in [-0.25, -0.2) is 9.37 Å². The average Bonchev–Trinajstić information content (AvgIpc) is 3.27. The molecule has 0 aliphatic heterocycles. The number of rotatable bonds is 4. The number of hydrogen-bond donors (Lipinski definition) is 1. The minimum atomic E-state index is -0.211. The monoisotopic (exact) mass is 423 g/mol. The highest BCUT2D eigenvalue weighted by atomic mass is 35.5. The molecule has 4 nitrogen and oxygen atoms in total. The van der Waals surface area contributed by atoms with Gasteiger partial charge < -0.3 is 5.32 Å². The summed E-state index contributed by atoms with van der Waals surface area (Å²) in [5, 5.41) is 4.27. The molecule has 2 fully saturated rings. The number of aromatic nitrogens is 2. The molecule has 2 aromatic heterocycles. The second kappa shape index (κ2) is 7.95. The molecule has 3 aromatic rings. The molecule has 2 aliphatic rings. The van der Waals surface area contributed by atoms with E-state index in [-0.39, 0.29) is 11.7 Å². The van der Waals surface area contributed by atoms with Crippen molar-refractivity contribution in [1.82, 2.24) is 9.97 Å². The van der Waals surface area contributed by atoms with Gasteiger partial charge in [0.25, 0.3) is 0 Å². The van der Waals surface area contributed by atoms with E-state index in [1.807, 2.05) is 6.20 Å². The van der Waals surface area contributed by atoms with Gasteiger partial charge in [-0.2, -0.15) is 0 Å². The lowest BCUT2D eigenvalue weighted by Gasteiger charge is -2.17. The van der Waals surface area contributed by atoms with Gasteiger partial charge in [0.15, 0.2) is 0 Å². The van der Waals surface area contributed by atoms with Crippen molar-refractivity contribution in [3.63, 3.8) is 0 Å². The van der Waals surface area contributed by atoms with Crippen LogP contribution in [0.2, 0.25) is 5.15 Å². The molecule has 2 aliphatic carbocycles. The Morgan fingerprint density at radius 1 is 1.07 bits per heavy atom. The quantitative estimate of drug-likeness (QED) is 0.526. The number of nitrogens with one attached hydrogen (secondary N) is 1. The first-order valence-corrected chi connectivity index (χ1v) is 10.9. The Kier molecular flexibility index (Phi) is 5.15. The molecule has 4 atom stereocenters. The summed E-state index contributed by atoms with van der Waals surface area (Å²) in [6.07, 6.45) is 8.36. The van der Waals surface area contributed by atoms with Crippen LogP contribution in [0.25, 0.3) is 10.9 Å². The number of amides is 1. The van der Waals surface area contributed by atoms with Gasteiger partial charge in [0, 0.05) is 18.0 Å². The summed E-state index contributed by atoms with van der Waals surface area (Å²) in [6, 6.07) is 10.3. The lowest BCUT2D eigenvalue weighted by Crippen LogP contribution is -2.16. The number of carbonyl (C=O) groups excluding carboxylic acids is 1. The minimum Gasteiger partial charge on any atom is -0.325 e. The summed E-state index contributed by atoms with van der Waals surface area (Å²) in [4.78, 5) is 20.8. The molecule has 5 rings (SSSR count). The number of anilines is 1. The number of hydrogen-bond acceptors (Lipinski definition) is 3. The molecule has 30 heavy (non-hydrogen) atoms. The Bertz CT molecular complexity index is 1070. The van der Waals surface area contributed by atoms with E-state index in [0.29, 0.717) is 40.9 Å². The zero-order valence-electron chi connectivity index (χ0n) is 16.5. The number of carbonyl (C=O) groups is 1. The van der Waals surface area contributed by atoms with E-state index in [1.54, 1.807) is 30.5 Å². The molecule has 2 saturated carbocycles. The van der Waals surface area contributed by atoms with Crippen LogP contribution < -0.4 is 5.32 Å². The Labute approximate surface area is 179 Å². The molecule has 0 radical (unpaired) electrons. The summed E-state index contributed by atoms with van der Waals surface area (Å²) in [5.74, 6) is 1.98. The third-order valence-corrected chi connectivity index (χ3v) is 7.00. The van der Waals surface area contributed by atoms with Crippen LogP contribution in [0.4, 0.5) is 10.1 Å². The molecular weight excluding hydrogens is 401 g/mol. The van der Waals surface area contributed by atoms with Crippen molar-refractivity contribution in [3.8, 4) is 0 Å². The van der Waals surface area contributed by atoms with Crippen molar-refractivity contribution in [3.05, 3.63) is 65.3 Å². The van der Waals surface area contributed by atoms with Crippen LogP contribution >= 0.6 is 11.6 Å². The Hall–Kier alpha value is -2.53. The van der Waals surface area contributed by atoms with Crippen molar-refractivity contribution >= 4 is 34.1 Å². The highest BCUT2D eigenvalue weighted by Gasteiger charge is 2.42. The molecule has 1 amide bonds. The van der Waals surface area contributed by atoms with Crippen LogP contribution in [0.1, 0.15) is 43.6 Å². The summed E-state index contributed by atoms with van der Waals surface area (Å²) in [5.41, 5.74) is 2.76. The topological polar surface area (TPSA) is 54.9 Å². The molecular formula is C24H23ClFN3O. The third kappa shape index (κ3) is 3.91. The highest BCUT2D eigenvalue weighted by molar-refractivity contribution is 6.29. The minimum absolute atomic E-state index is 0.0382. The molecule has 6 heteroatoms. The molecule has 0 bridgehead atoms. The van der Waals surface area contributed by atoms with Gasteiger partial charge in [0.1, 0.15) is 11.0 Å². The van der Waals surface area contributed by atoms with Gasteiger partial charge in [-0.05, 0) is 91.3 Å². The maximum atomic E-state index is 13.8. The first-order chi connectivity index (χ1) is 14.5. The fourth-order valence-corrected chi connectivity index (χ4v) is 5.69. The van der Waals surface area contributed by atoms with Gasteiger partial charge in [-0.1, -0.05) is 11.6 Å². The number of nitrogens with zero attached hydrogens (tertiary/aromatic N) is 2. The van der Waals surface area contributed by atoms with Crippen molar-refractivity contribution in [1.29, 1.82) is 0 Å². The van der Waals surface area contributed by atoms with Gasteiger partial charge in [0.2, 0.25) is 5.91 Å². The fourth-order valence-electron chi connectivity index (χ4n) is 5.58. The Morgan fingerprint density at radius 2 is 1.87 bits per heavy atom. The molecule has 0 spiro atoms. The van der Waals surface area contributed by atoms with Crippen molar-refractivity contribution in [2.45, 2.75) is 38.0 Å². The normalized spacial score (nSPS) is 25.4. The van der Waals surface area contributed by atoms with Crippen LogP contribution in [-0.2, 0) is 4.79 Å². The average molecular weight is 424 g/mol. The van der Waals surface area contributed by atoms with E-state index in [9.17, 15) is 9.18 Å². The smallest absolute Gasteiger partial charge is 0.224 e. The van der Waals surface area contributed by atoms with Crippen molar-refractivity contribution in [2.75, 3.05) is 5.32 Å². The summed E-state index contributed by atoms with van der Waals surface area (Å²) >= 11 is 5.79. The summed E-state index contributed by atoms with van der Waals surface area (Å²) in [6.45, 7) is 0. The molecule has 1 aromatic carbocycles. The second-order valence-corrected chi connectivity index (χ2v) is 9.10. The fraction of sp³-hybridized carbons (Fsp3) is 0.375.